The van der Waals surface area contributed by atoms with Gasteiger partial charge < -0.3 is 15.7 Å². The number of aromatic carboxylic acids is 1. The van der Waals surface area contributed by atoms with Crippen molar-refractivity contribution in [1.82, 2.24) is 0 Å². The number of nitrogens with one attached hydrogen (secondary N) is 2. The molecule has 0 radical (unpaired) electrons. The normalized spacial score (nSPS) is 10.4. The summed E-state index contributed by atoms with van der Waals surface area (Å²) >= 11 is 0. The van der Waals surface area contributed by atoms with Crippen molar-refractivity contribution < 1.29 is 23.9 Å². The second-order valence-electron chi connectivity index (χ2n) is 7.39. The Bertz CT molecular complexity index is 1370. The molecule has 0 saturated heterocycles. The van der Waals surface area contributed by atoms with E-state index in [4.69, 9.17) is 0 Å². The topological polar surface area (TPSA) is 95.5 Å². The quantitative estimate of drug-likeness (QED) is 0.348. The molecule has 0 fully saturated rings. The van der Waals surface area contributed by atoms with Crippen LogP contribution in [0.3, 0.4) is 0 Å². The van der Waals surface area contributed by atoms with Crippen molar-refractivity contribution in [2.45, 2.75) is 0 Å². The highest BCUT2D eigenvalue weighted by molar-refractivity contribution is 6.10. The summed E-state index contributed by atoms with van der Waals surface area (Å²) in [6.45, 7) is 0. The average molecular weight is 454 g/mol. The molecule has 0 heterocycles. The van der Waals surface area contributed by atoms with Gasteiger partial charge in [-0.05, 0) is 71.8 Å². The monoisotopic (exact) mass is 454 g/mol. The van der Waals surface area contributed by atoms with Crippen LogP contribution in [0, 0.1) is 5.82 Å². The molecule has 4 rings (SSSR count). The molecule has 0 aliphatic heterocycles. The number of carbonyl (C=O) groups is 3. The zero-order chi connectivity index (χ0) is 24.1. The number of carbonyl (C=O) groups excluding carboxylic acids is 2. The van der Waals surface area contributed by atoms with Gasteiger partial charge in [-0.2, -0.15) is 0 Å². The zero-order valence-electron chi connectivity index (χ0n) is 17.8. The van der Waals surface area contributed by atoms with E-state index in [0.717, 1.165) is 0 Å². The molecule has 4 aromatic carbocycles. The maximum absolute atomic E-state index is 13.0. The molecule has 6 nitrogen and oxygen atoms in total. The van der Waals surface area contributed by atoms with Crippen LogP contribution in [-0.4, -0.2) is 22.9 Å². The highest BCUT2D eigenvalue weighted by Crippen LogP contribution is 2.28. The van der Waals surface area contributed by atoms with Crippen molar-refractivity contribution in [2.24, 2.45) is 0 Å². The molecule has 0 unspecified atom stereocenters. The summed E-state index contributed by atoms with van der Waals surface area (Å²) < 4.78 is 13.0. The molecule has 0 aliphatic carbocycles. The fourth-order valence-corrected chi connectivity index (χ4v) is 3.46. The van der Waals surface area contributed by atoms with E-state index in [2.05, 4.69) is 10.6 Å². The minimum atomic E-state index is -1.08. The van der Waals surface area contributed by atoms with Crippen LogP contribution in [0.25, 0.3) is 11.1 Å². The molecule has 34 heavy (non-hydrogen) atoms. The van der Waals surface area contributed by atoms with Crippen LogP contribution in [0.15, 0.2) is 97.1 Å². The highest BCUT2D eigenvalue weighted by atomic mass is 19.1. The van der Waals surface area contributed by atoms with Crippen LogP contribution in [0.5, 0.6) is 0 Å². The maximum atomic E-state index is 13.0. The Balaban J connectivity index is 1.51. The van der Waals surface area contributed by atoms with Crippen LogP contribution < -0.4 is 10.6 Å². The van der Waals surface area contributed by atoms with Gasteiger partial charge in [-0.1, -0.05) is 36.4 Å². The van der Waals surface area contributed by atoms with Gasteiger partial charge in [-0.3, -0.25) is 9.59 Å². The first-order valence-electron chi connectivity index (χ1n) is 10.3. The van der Waals surface area contributed by atoms with Gasteiger partial charge in [0, 0.05) is 22.5 Å². The molecule has 168 valence electrons. The van der Waals surface area contributed by atoms with E-state index in [9.17, 15) is 23.9 Å². The zero-order valence-corrected chi connectivity index (χ0v) is 17.8. The van der Waals surface area contributed by atoms with Crippen LogP contribution in [0.4, 0.5) is 15.8 Å². The lowest BCUT2D eigenvalue weighted by molar-refractivity contribution is 0.0697. The molecular weight excluding hydrogens is 435 g/mol. The molecule has 0 spiro atoms. The van der Waals surface area contributed by atoms with Crippen molar-refractivity contribution in [1.29, 1.82) is 0 Å². The molecule has 0 bridgehead atoms. The first kappa shape index (κ1) is 22.4. The number of amides is 2. The van der Waals surface area contributed by atoms with Crippen LogP contribution in [0.1, 0.15) is 31.1 Å². The first-order valence-corrected chi connectivity index (χ1v) is 10.3. The molecule has 0 saturated carbocycles. The number of rotatable bonds is 6. The van der Waals surface area contributed by atoms with Crippen LogP contribution in [0.2, 0.25) is 0 Å². The van der Waals surface area contributed by atoms with E-state index >= 15 is 0 Å². The molecule has 0 aromatic heterocycles. The molecule has 7 heteroatoms. The third kappa shape index (κ3) is 4.99. The van der Waals surface area contributed by atoms with E-state index in [0.29, 0.717) is 33.6 Å². The molecular formula is C27H19FN2O4. The second kappa shape index (κ2) is 9.79. The van der Waals surface area contributed by atoms with Crippen molar-refractivity contribution in [2.75, 3.05) is 10.6 Å². The number of anilines is 2. The molecule has 3 N–H and O–H groups in total. The van der Waals surface area contributed by atoms with Gasteiger partial charge in [0.15, 0.2) is 0 Å². The molecule has 0 aliphatic rings. The minimum absolute atomic E-state index is 0.0965. The van der Waals surface area contributed by atoms with Crippen molar-refractivity contribution in [3.05, 3.63) is 120 Å². The van der Waals surface area contributed by atoms with Gasteiger partial charge in [0.2, 0.25) is 0 Å². The van der Waals surface area contributed by atoms with E-state index in [1.54, 1.807) is 66.7 Å². The van der Waals surface area contributed by atoms with Gasteiger partial charge in [-0.15, -0.1) is 0 Å². The lowest BCUT2D eigenvalue weighted by Crippen LogP contribution is -2.15. The summed E-state index contributed by atoms with van der Waals surface area (Å²) in [7, 11) is 0. The predicted molar refractivity (Wildman–Crippen MR) is 128 cm³/mol. The minimum Gasteiger partial charge on any atom is -0.478 e. The van der Waals surface area contributed by atoms with Crippen LogP contribution in [-0.2, 0) is 0 Å². The van der Waals surface area contributed by atoms with Gasteiger partial charge in [-0.25, -0.2) is 9.18 Å². The number of hydrogen-bond acceptors (Lipinski definition) is 3. The van der Waals surface area contributed by atoms with Crippen molar-refractivity contribution in [3.63, 3.8) is 0 Å². The first-order chi connectivity index (χ1) is 16.4. The highest BCUT2D eigenvalue weighted by Gasteiger charge is 2.17. The standard InChI is InChI=1S/C27H19FN2O4/c28-18-11-15-20(16-12-18)29-25(31)17-9-13-19(14-10-17)30-26(32)23-7-3-1-5-21(23)22-6-2-4-8-24(22)27(33)34/h1-16H,(H,29,31)(H,30,32)(H,33,34). The number of benzene rings is 4. The summed E-state index contributed by atoms with van der Waals surface area (Å²) in [5.41, 5.74) is 2.63. The lowest BCUT2D eigenvalue weighted by atomic mass is 9.95. The lowest BCUT2D eigenvalue weighted by Gasteiger charge is -2.13. The Morgan fingerprint density at radius 3 is 1.65 bits per heavy atom. The number of halogens is 1. The summed E-state index contributed by atoms with van der Waals surface area (Å²) in [5.74, 6) is -2.27. The van der Waals surface area contributed by atoms with Gasteiger partial charge in [0.05, 0.1) is 5.56 Å². The SMILES string of the molecule is O=C(Nc1ccc(F)cc1)c1ccc(NC(=O)c2ccccc2-c2ccccc2C(=O)O)cc1. The van der Waals surface area contributed by atoms with Gasteiger partial charge in [0.1, 0.15) is 5.82 Å². The number of carboxylic acid groups (broad SMARTS) is 1. The van der Waals surface area contributed by atoms with E-state index in [1.807, 2.05) is 0 Å². The van der Waals surface area contributed by atoms with Gasteiger partial charge in [0.25, 0.3) is 11.8 Å². The van der Waals surface area contributed by atoms with Crippen molar-refractivity contribution in [3.8, 4) is 11.1 Å². The summed E-state index contributed by atoms with van der Waals surface area (Å²) in [6, 6.07) is 24.9. The third-order valence-electron chi connectivity index (χ3n) is 5.13. The Morgan fingerprint density at radius 1 is 0.588 bits per heavy atom. The fraction of sp³-hybridized carbons (Fsp3) is 0. The maximum Gasteiger partial charge on any atom is 0.336 e. The molecule has 0 atom stereocenters. The smallest absolute Gasteiger partial charge is 0.336 e. The van der Waals surface area contributed by atoms with E-state index in [-0.39, 0.29) is 11.5 Å². The molecule has 2 amide bonds. The summed E-state index contributed by atoms with van der Waals surface area (Å²) in [4.78, 5) is 37.0. The Hall–Kier alpha value is -4.78. The number of carboxylic acids is 1. The fourth-order valence-electron chi connectivity index (χ4n) is 3.46. The van der Waals surface area contributed by atoms with E-state index in [1.165, 1.54) is 30.3 Å². The third-order valence-corrected chi connectivity index (χ3v) is 5.13. The number of hydrogen-bond donors (Lipinski definition) is 3. The molecule has 4 aromatic rings. The van der Waals surface area contributed by atoms with Gasteiger partial charge >= 0.3 is 5.97 Å². The van der Waals surface area contributed by atoms with E-state index < -0.39 is 17.7 Å². The predicted octanol–water partition coefficient (Wildman–Crippen LogP) is 5.70. The van der Waals surface area contributed by atoms with Crippen molar-refractivity contribution >= 4 is 29.2 Å². The van der Waals surface area contributed by atoms with Crippen LogP contribution >= 0.6 is 0 Å². The second-order valence-corrected chi connectivity index (χ2v) is 7.39. The Morgan fingerprint density at radius 2 is 1.06 bits per heavy atom. The summed E-state index contributed by atoms with van der Waals surface area (Å²) in [5, 5.41) is 15.0. The Kier molecular flexibility index (Phi) is 6.45. The Labute approximate surface area is 194 Å². The summed E-state index contributed by atoms with van der Waals surface area (Å²) in [6.07, 6.45) is 0. The largest absolute Gasteiger partial charge is 0.478 e. The average Bonchev–Trinajstić information content (AvgIpc) is 2.85.